The lowest BCUT2D eigenvalue weighted by molar-refractivity contribution is -0.147. The van der Waals surface area contributed by atoms with Crippen molar-refractivity contribution in [1.29, 1.82) is 0 Å². The molecule has 0 spiro atoms. The summed E-state index contributed by atoms with van der Waals surface area (Å²) in [5, 5.41) is 6.26. The number of aromatic nitrogens is 2. The maximum Gasteiger partial charge on any atom is 0.266 e. The largest absolute Gasteiger partial charge is 0.368 e. The van der Waals surface area contributed by atoms with Gasteiger partial charge in [-0.3, -0.25) is 4.79 Å². The lowest BCUT2D eigenvalue weighted by Gasteiger charge is -2.39. The first-order chi connectivity index (χ1) is 15.7. The lowest BCUT2D eigenvalue weighted by Crippen LogP contribution is -2.65. The maximum atomic E-state index is 14.6. The van der Waals surface area contributed by atoms with Crippen LogP contribution in [0.25, 0.3) is 0 Å². The molecule has 6 nitrogen and oxygen atoms in total. The third-order valence-electron chi connectivity index (χ3n) is 6.65. The Labute approximate surface area is 195 Å². The normalized spacial score (nSPS) is 19.8. The fourth-order valence-electron chi connectivity index (χ4n) is 4.57. The quantitative estimate of drug-likeness (QED) is 0.515. The number of rotatable bonds is 9. The van der Waals surface area contributed by atoms with Crippen LogP contribution in [0, 0.1) is 11.7 Å². The molecule has 178 valence electrons. The molecule has 2 aromatic rings. The van der Waals surface area contributed by atoms with Crippen LogP contribution in [0.15, 0.2) is 18.2 Å². The third-order valence-corrected chi connectivity index (χ3v) is 6.82. The molecule has 0 radical (unpaired) electrons. The molecule has 33 heavy (non-hydrogen) atoms. The van der Waals surface area contributed by atoms with Gasteiger partial charge in [0.15, 0.2) is 11.4 Å². The maximum absolute atomic E-state index is 14.6. The van der Waals surface area contributed by atoms with Gasteiger partial charge in [0.05, 0.1) is 17.3 Å². The molecule has 2 aliphatic rings. The standard InChI is InChI=1S/C23H26ClF3N4O2/c1-12(14-4-3-5-15(19(14)25)20(26)27)29-21-16-8-13(9-17(16)30-22(24)31-21)6-7-18(32)23(33-2)10-28-11-23/h3-5,12-13,20,28H,6-11H2,1-2H3,(H,29,30,31)/t12-,13?/m1/s1. The molecule has 2 atom stereocenters. The van der Waals surface area contributed by atoms with E-state index in [-0.39, 0.29) is 22.5 Å². The van der Waals surface area contributed by atoms with E-state index in [4.69, 9.17) is 16.3 Å². The highest BCUT2D eigenvalue weighted by Crippen LogP contribution is 2.36. The number of alkyl halides is 2. The molecule has 1 aliphatic heterocycles. The van der Waals surface area contributed by atoms with Crippen LogP contribution in [-0.2, 0) is 22.4 Å². The molecule has 1 aromatic carbocycles. The number of nitrogens with zero attached hydrogens (tertiary/aromatic N) is 2. The fourth-order valence-corrected chi connectivity index (χ4v) is 4.75. The fraction of sp³-hybridized carbons (Fsp3) is 0.522. The number of halogens is 4. The van der Waals surface area contributed by atoms with Crippen molar-refractivity contribution in [2.45, 2.75) is 50.7 Å². The summed E-state index contributed by atoms with van der Waals surface area (Å²) in [7, 11) is 1.56. The summed E-state index contributed by atoms with van der Waals surface area (Å²) in [4.78, 5) is 21.2. The van der Waals surface area contributed by atoms with Crippen LogP contribution in [0.2, 0.25) is 5.28 Å². The summed E-state index contributed by atoms with van der Waals surface area (Å²) < 4.78 is 46.2. The topological polar surface area (TPSA) is 76.1 Å². The molecule has 4 rings (SSSR count). The molecular formula is C23H26ClF3N4O2. The molecule has 1 aliphatic carbocycles. The molecule has 1 aromatic heterocycles. The van der Waals surface area contributed by atoms with E-state index in [2.05, 4.69) is 20.6 Å². The SMILES string of the molecule is COC1(C(=O)CCC2Cc3nc(Cl)nc(N[C@H](C)c4cccc(C(F)F)c4F)c3C2)CNC1. The molecule has 1 fully saturated rings. The first-order valence-corrected chi connectivity index (χ1v) is 11.3. The van der Waals surface area contributed by atoms with Crippen LogP contribution in [0.4, 0.5) is 19.0 Å². The number of ketones is 1. The zero-order valence-electron chi connectivity index (χ0n) is 18.4. The van der Waals surface area contributed by atoms with Crippen molar-refractivity contribution in [3.05, 3.63) is 51.7 Å². The minimum absolute atomic E-state index is 0.0563. The highest BCUT2D eigenvalue weighted by molar-refractivity contribution is 6.28. The number of carbonyl (C=O) groups excluding carboxylic acids is 1. The summed E-state index contributed by atoms with van der Waals surface area (Å²) in [5.41, 5.74) is 0.424. The van der Waals surface area contributed by atoms with Gasteiger partial charge in [0.1, 0.15) is 11.6 Å². The van der Waals surface area contributed by atoms with Gasteiger partial charge in [-0.2, -0.15) is 0 Å². The summed E-state index contributed by atoms with van der Waals surface area (Å²) in [5.74, 6) is -0.193. The smallest absolute Gasteiger partial charge is 0.266 e. The average Bonchev–Trinajstić information content (AvgIpc) is 3.14. The van der Waals surface area contributed by atoms with Gasteiger partial charge in [-0.15, -0.1) is 0 Å². The van der Waals surface area contributed by atoms with E-state index >= 15 is 0 Å². The van der Waals surface area contributed by atoms with E-state index in [1.165, 1.54) is 12.1 Å². The second-order valence-electron chi connectivity index (χ2n) is 8.72. The van der Waals surface area contributed by atoms with Crippen LogP contribution < -0.4 is 10.6 Å². The van der Waals surface area contributed by atoms with Crippen molar-refractivity contribution >= 4 is 23.2 Å². The lowest BCUT2D eigenvalue weighted by atomic mass is 9.86. The van der Waals surface area contributed by atoms with Crippen molar-refractivity contribution < 1.29 is 22.7 Å². The van der Waals surface area contributed by atoms with E-state index < -0.39 is 29.4 Å². The van der Waals surface area contributed by atoms with Gasteiger partial charge in [-0.1, -0.05) is 18.2 Å². The Balaban J connectivity index is 1.47. The van der Waals surface area contributed by atoms with Crippen molar-refractivity contribution in [3.63, 3.8) is 0 Å². The van der Waals surface area contributed by atoms with Gasteiger partial charge in [0.2, 0.25) is 5.28 Å². The number of methoxy groups -OCH3 is 1. The number of nitrogens with one attached hydrogen (secondary N) is 2. The van der Waals surface area contributed by atoms with Gasteiger partial charge in [0, 0.05) is 37.7 Å². The molecule has 2 N–H and O–H groups in total. The number of hydrogen-bond acceptors (Lipinski definition) is 6. The summed E-state index contributed by atoms with van der Waals surface area (Å²) >= 11 is 6.12. The highest BCUT2D eigenvalue weighted by atomic mass is 35.5. The second kappa shape index (κ2) is 9.56. The van der Waals surface area contributed by atoms with Crippen LogP contribution in [0.3, 0.4) is 0 Å². The summed E-state index contributed by atoms with van der Waals surface area (Å²) in [6.45, 7) is 2.74. The van der Waals surface area contributed by atoms with Crippen LogP contribution >= 0.6 is 11.6 Å². The summed E-state index contributed by atoms with van der Waals surface area (Å²) in [6.07, 6.45) is -0.516. The molecule has 1 unspecified atom stereocenters. The first kappa shape index (κ1) is 23.9. The number of carbonyl (C=O) groups is 1. The van der Waals surface area contributed by atoms with Gasteiger partial charge in [-0.05, 0) is 43.7 Å². The Hall–Kier alpha value is -2.23. The van der Waals surface area contributed by atoms with Crippen LogP contribution in [-0.4, -0.2) is 41.6 Å². The van der Waals surface area contributed by atoms with E-state index in [1.54, 1.807) is 14.0 Å². The summed E-state index contributed by atoms with van der Waals surface area (Å²) in [6, 6.07) is 3.34. The molecule has 0 amide bonds. The molecule has 10 heteroatoms. The molecule has 1 saturated heterocycles. The zero-order chi connectivity index (χ0) is 23.8. The van der Waals surface area contributed by atoms with Crippen molar-refractivity contribution in [2.75, 3.05) is 25.5 Å². The predicted molar refractivity (Wildman–Crippen MR) is 118 cm³/mol. The molecular weight excluding hydrogens is 457 g/mol. The highest BCUT2D eigenvalue weighted by Gasteiger charge is 2.44. The molecule has 0 saturated carbocycles. The van der Waals surface area contributed by atoms with Gasteiger partial charge >= 0.3 is 0 Å². The zero-order valence-corrected chi connectivity index (χ0v) is 19.2. The van der Waals surface area contributed by atoms with E-state index in [9.17, 15) is 18.0 Å². The monoisotopic (exact) mass is 482 g/mol. The van der Waals surface area contributed by atoms with Gasteiger partial charge in [-0.25, -0.2) is 23.1 Å². The van der Waals surface area contributed by atoms with Crippen LogP contribution in [0.5, 0.6) is 0 Å². The minimum Gasteiger partial charge on any atom is -0.368 e. The number of anilines is 1. The average molecular weight is 483 g/mol. The minimum atomic E-state index is -2.90. The first-order valence-electron chi connectivity index (χ1n) is 10.9. The third kappa shape index (κ3) is 4.72. The van der Waals surface area contributed by atoms with Crippen molar-refractivity contribution in [2.24, 2.45) is 5.92 Å². The number of Topliss-reactive ketones (excluding diaryl/α,β-unsaturated/α-hetero) is 1. The second-order valence-corrected chi connectivity index (χ2v) is 9.06. The van der Waals surface area contributed by atoms with E-state index in [0.717, 1.165) is 17.3 Å². The van der Waals surface area contributed by atoms with Gasteiger partial charge < -0.3 is 15.4 Å². The van der Waals surface area contributed by atoms with Crippen LogP contribution in [0.1, 0.15) is 54.6 Å². The van der Waals surface area contributed by atoms with Crippen molar-refractivity contribution in [3.8, 4) is 0 Å². The number of ether oxygens (including phenoxy) is 1. The molecule has 0 bridgehead atoms. The Kier molecular flexibility index (Phi) is 6.93. The number of hydrogen-bond donors (Lipinski definition) is 2. The Morgan fingerprint density at radius 2 is 2.03 bits per heavy atom. The number of benzene rings is 1. The van der Waals surface area contributed by atoms with E-state index in [0.29, 0.717) is 44.6 Å². The molecule has 2 heterocycles. The van der Waals surface area contributed by atoms with E-state index in [1.807, 2.05) is 0 Å². The predicted octanol–water partition coefficient (Wildman–Crippen LogP) is 4.43. The number of fused-ring (bicyclic) bond motifs is 1. The van der Waals surface area contributed by atoms with Crippen molar-refractivity contribution in [1.82, 2.24) is 15.3 Å². The van der Waals surface area contributed by atoms with Gasteiger partial charge in [0.25, 0.3) is 6.43 Å². The Morgan fingerprint density at radius 3 is 2.67 bits per heavy atom. The Morgan fingerprint density at radius 1 is 1.30 bits per heavy atom. The Bertz CT molecular complexity index is 1040.